The summed E-state index contributed by atoms with van der Waals surface area (Å²) >= 11 is 3.14. The molecule has 2 rings (SSSR count). The van der Waals surface area contributed by atoms with Gasteiger partial charge in [-0.05, 0) is 34.1 Å². The Morgan fingerprint density at radius 1 is 1.40 bits per heavy atom. The zero-order valence-corrected chi connectivity index (χ0v) is 12.6. The molecule has 0 radical (unpaired) electrons. The van der Waals surface area contributed by atoms with Crippen molar-refractivity contribution in [3.05, 3.63) is 40.5 Å². The Balaban J connectivity index is 2.50. The lowest BCUT2D eigenvalue weighted by Crippen LogP contribution is -2.18. The topological polar surface area (TPSA) is 101 Å². The highest BCUT2D eigenvalue weighted by Crippen LogP contribution is 2.28. The largest absolute Gasteiger partial charge is 0.478 e. The van der Waals surface area contributed by atoms with Crippen LogP contribution in [-0.4, -0.2) is 29.3 Å². The first kappa shape index (κ1) is 14.5. The van der Waals surface area contributed by atoms with Crippen molar-refractivity contribution in [3.8, 4) is 0 Å². The summed E-state index contributed by atoms with van der Waals surface area (Å²) in [7, 11) is -2.44. The number of benzene rings is 1. The van der Waals surface area contributed by atoms with Gasteiger partial charge >= 0.3 is 5.97 Å². The molecule has 1 heterocycles. The quantitative estimate of drug-likeness (QED) is 0.864. The number of hydrogen-bond acceptors (Lipinski definition) is 4. The van der Waals surface area contributed by atoms with Crippen LogP contribution in [0.1, 0.15) is 10.4 Å². The van der Waals surface area contributed by atoms with Crippen molar-refractivity contribution in [2.45, 2.75) is 5.03 Å². The van der Waals surface area contributed by atoms with E-state index in [9.17, 15) is 13.2 Å². The number of carboxylic acid groups (broad SMARTS) is 1. The van der Waals surface area contributed by atoms with Crippen molar-refractivity contribution >= 4 is 37.6 Å². The second-order valence-corrected chi connectivity index (χ2v) is 6.35. The van der Waals surface area contributed by atoms with Gasteiger partial charge in [-0.25, -0.2) is 4.79 Å². The molecule has 0 spiro atoms. The van der Waals surface area contributed by atoms with Gasteiger partial charge in [0, 0.05) is 11.5 Å². The van der Waals surface area contributed by atoms with Crippen LogP contribution >= 0.6 is 15.9 Å². The van der Waals surface area contributed by atoms with Crippen molar-refractivity contribution in [1.29, 1.82) is 0 Å². The van der Waals surface area contributed by atoms with E-state index in [1.165, 1.54) is 36.1 Å². The van der Waals surface area contributed by atoms with Crippen molar-refractivity contribution in [3.63, 3.8) is 0 Å². The molecule has 0 saturated carbocycles. The van der Waals surface area contributed by atoms with Gasteiger partial charge in [0.25, 0.3) is 10.0 Å². The number of carboxylic acids is 1. The lowest BCUT2D eigenvalue weighted by atomic mass is 10.2. The highest BCUT2D eigenvalue weighted by Gasteiger charge is 2.22. The first-order chi connectivity index (χ1) is 9.33. The summed E-state index contributed by atoms with van der Waals surface area (Å²) in [5.74, 6) is -1.23. The fourth-order valence-electron chi connectivity index (χ4n) is 1.62. The number of aryl methyl sites for hydroxylation is 1. The fraction of sp³-hybridized carbons (Fsp3) is 0.0909. The maximum absolute atomic E-state index is 12.2. The number of para-hydroxylation sites is 1. The van der Waals surface area contributed by atoms with Crippen LogP contribution in [0.4, 0.5) is 5.69 Å². The minimum atomic E-state index is -3.92. The third-order valence-corrected chi connectivity index (χ3v) is 4.62. The number of rotatable bonds is 4. The molecular weight excluding hydrogens is 350 g/mol. The van der Waals surface area contributed by atoms with Gasteiger partial charge in [-0.15, -0.1) is 0 Å². The van der Waals surface area contributed by atoms with Crippen molar-refractivity contribution in [1.82, 2.24) is 9.78 Å². The highest BCUT2D eigenvalue weighted by atomic mass is 79.9. The molecular formula is C11H10BrN3O4S. The van der Waals surface area contributed by atoms with Gasteiger partial charge in [-0.3, -0.25) is 9.40 Å². The molecule has 1 aromatic heterocycles. The summed E-state index contributed by atoms with van der Waals surface area (Å²) in [6, 6.07) is 5.69. The predicted octanol–water partition coefficient (Wildman–Crippen LogP) is 1.68. The molecule has 9 heteroatoms. The Bertz CT molecular complexity index is 770. The van der Waals surface area contributed by atoms with Crippen molar-refractivity contribution < 1.29 is 18.3 Å². The van der Waals surface area contributed by atoms with Crippen LogP contribution in [0.25, 0.3) is 0 Å². The zero-order valence-electron chi connectivity index (χ0n) is 10.2. The molecule has 0 aliphatic heterocycles. The van der Waals surface area contributed by atoms with E-state index in [1.54, 1.807) is 6.07 Å². The summed E-state index contributed by atoms with van der Waals surface area (Å²) in [4.78, 5) is 11.1. The maximum atomic E-state index is 12.2. The maximum Gasteiger partial charge on any atom is 0.337 e. The number of anilines is 1. The monoisotopic (exact) mass is 359 g/mol. The average molecular weight is 360 g/mol. The molecule has 1 aromatic carbocycles. The molecule has 0 atom stereocenters. The molecule has 2 N–H and O–H groups in total. The van der Waals surface area contributed by atoms with E-state index in [2.05, 4.69) is 25.8 Å². The van der Waals surface area contributed by atoms with Gasteiger partial charge in [0.1, 0.15) is 0 Å². The third-order valence-electron chi connectivity index (χ3n) is 2.53. The first-order valence-electron chi connectivity index (χ1n) is 5.35. The summed E-state index contributed by atoms with van der Waals surface area (Å²) in [6.45, 7) is 0. The molecule has 0 fully saturated rings. The van der Waals surface area contributed by atoms with Crippen LogP contribution in [0.5, 0.6) is 0 Å². The van der Waals surface area contributed by atoms with Crippen LogP contribution in [0.15, 0.2) is 40.0 Å². The van der Waals surface area contributed by atoms with E-state index in [0.29, 0.717) is 4.47 Å². The molecule has 0 aliphatic rings. The number of nitrogens with one attached hydrogen (secondary N) is 1. The van der Waals surface area contributed by atoms with Crippen LogP contribution in [0.2, 0.25) is 0 Å². The van der Waals surface area contributed by atoms with E-state index in [-0.39, 0.29) is 16.3 Å². The van der Waals surface area contributed by atoms with E-state index in [1.807, 2.05) is 0 Å². The van der Waals surface area contributed by atoms with Gasteiger partial charge in [0.15, 0.2) is 5.03 Å². The number of sulfonamides is 1. The number of aromatic carboxylic acids is 1. The molecule has 0 bridgehead atoms. The van der Waals surface area contributed by atoms with Crippen LogP contribution in [0, 0.1) is 0 Å². The van der Waals surface area contributed by atoms with Crippen molar-refractivity contribution in [2.75, 3.05) is 4.72 Å². The summed E-state index contributed by atoms with van der Waals surface area (Å²) in [5, 5.41) is 12.8. The zero-order chi connectivity index (χ0) is 14.9. The minimum absolute atomic E-state index is 0.0267. The number of hydrogen-bond donors (Lipinski definition) is 2. The predicted molar refractivity (Wildman–Crippen MR) is 75.1 cm³/mol. The third kappa shape index (κ3) is 2.68. The minimum Gasteiger partial charge on any atom is -0.478 e. The van der Waals surface area contributed by atoms with E-state index >= 15 is 0 Å². The molecule has 0 unspecified atom stereocenters. The number of carbonyl (C=O) groups is 1. The molecule has 0 saturated heterocycles. The molecule has 7 nitrogen and oxygen atoms in total. The normalized spacial score (nSPS) is 11.3. The standard InChI is InChI=1S/C11H10BrN3O4S/c1-15-9(5-6-13-15)20(18,19)14-10-7(11(16)17)3-2-4-8(10)12/h2-6,14H,1H3,(H,16,17). The molecule has 2 aromatic rings. The Hall–Kier alpha value is -1.87. The van der Waals surface area contributed by atoms with Gasteiger partial charge in [-0.2, -0.15) is 13.5 Å². The number of nitrogens with zero attached hydrogens (tertiary/aromatic N) is 2. The van der Waals surface area contributed by atoms with E-state index < -0.39 is 16.0 Å². The smallest absolute Gasteiger partial charge is 0.337 e. The average Bonchev–Trinajstić information content (AvgIpc) is 2.78. The lowest BCUT2D eigenvalue weighted by Gasteiger charge is -2.12. The Morgan fingerprint density at radius 3 is 2.65 bits per heavy atom. The summed E-state index contributed by atoms with van der Waals surface area (Å²) in [6.07, 6.45) is 1.34. The number of aromatic nitrogens is 2. The summed E-state index contributed by atoms with van der Waals surface area (Å²) in [5.41, 5.74) is -0.175. The first-order valence-corrected chi connectivity index (χ1v) is 7.63. The number of halogens is 1. The SMILES string of the molecule is Cn1nccc1S(=O)(=O)Nc1c(Br)cccc1C(=O)O. The lowest BCUT2D eigenvalue weighted by molar-refractivity contribution is 0.0698. The molecule has 0 aliphatic carbocycles. The van der Waals surface area contributed by atoms with Gasteiger partial charge in [-0.1, -0.05) is 6.07 Å². The van der Waals surface area contributed by atoms with Crippen LogP contribution < -0.4 is 4.72 Å². The molecule has 20 heavy (non-hydrogen) atoms. The van der Waals surface area contributed by atoms with Crippen LogP contribution in [-0.2, 0) is 17.1 Å². The Labute approximate surface area is 123 Å². The van der Waals surface area contributed by atoms with E-state index in [0.717, 1.165) is 0 Å². The van der Waals surface area contributed by atoms with Gasteiger partial charge in [0.05, 0.1) is 17.4 Å². The van der Waals surface area contributed by atoms with Crippen molar-refractivity contribution in [2.24, 2.45) is 7.05 Å². The van der Waals surface area contributed by atoms with Gasteiger partial charge in [0.2, 0.25) is 0 Å². The second kappa shape index (κ2) is 5.25. The highest BCUT2D eigenvalue weighted by molar-refractivity contribution is 9.10. The van der Waals surface area contributed by atoms with E-state index in [4.69, 9.17) is 5.11 Å². The molecule has 106 valence electrons. The van der Waals surface area contributed by atoms with Crippen LogP contribution in [0.3, 0.4) is 0 Å². The molecule has 0 amide bonds. The second-order valence-electron chi connectivity index (χ2n) is 3.87. The Morgan fingerprint density at radius 2 is 2.10 bits per heavy atom. The van der Waals surface area contributed by atoms with Gasteiger partial charge < -0.3 is 5.11 Å². The fourth-order valence-corrected chi connectivity index (χ4v) is 3.44. The Kier molecular flexibility index (Phi) is 3.82. The summed E-state index contributed by atoms with van der Waals surface area (Å²) < 4.78 is 28.2.